The Labute approximate surface area is 119 Å². The minimum atomic E-state index is 0.704. The Morgan fingerprint density at radius 1 is 1.25 bits per heavy atom. The van der Waals surface area contributed by atoms with Gasteiger partial charge in [0, 0.05) is 24.5 Å². The van der Waals surface area contributed by atoms with Gasteiger partial charge in [0.25, 0.3) is 0 Å². The number of hydrogen-bond donors (Lipinski definition) is 1. The van der Waals surface area contributed by atoms with Crippen LogP contribution in [0.15, 0.2) is 36.4 Å². The molecule has 20 heavy (non-hydrogen) atoms. The van der Waals surface area contributed by atoms with Crippen LogP contribution in [-0.4, -0.2) is 6.54 Å². The molecule has 0 bridgehead atoms. The Bertz CT molecular complexity index is 681. The third-order valence-electron chi connectivity index (χ3n) is 3.92. The monoisotopic (exact) mass is 263 g/mol. The molecule has 0 radical (unpaired) electrons. The van der Waals surface area contributed by atoms with Crippen molar-refractivity contribution in [2.75, 3.05) is 17.2 Å². The number of rotatable bonds is 2. The highest BCUT2D eigenvalue weighted by molar-refractivity contribution is 5.67. The molecule has 1 aliphatic rings. The van der Waals surface area contributed by atoms with Crippen molar-refractivity contribution in [2.45, 2.75) is 19.9 Å². The molecule has 100 valence electrons. The van der Waals surface area contributed by atoms with E-state index in [2.05, 4.69) is 30.0 Å². The van der Waals surface area contributed by atoms with Crippen LogP contribution >= 0.6 is 0 Å². The van der Waals surface area contributed by atoms with Gasteiger partial charge in [0.15, 0.2) is 0 Å². The summed E-state index contributed by atoms with van der Waals surface area (Å²) in [7, 11) is 0. The van der Waals surface area contributed by atoms with Gasteiger partial charge < -0.3 is 10.6 Å². The number of fused-ring (bicyclic) bond motifs is 1. The maximum absolute atomic E-state index is 8.83. The van der Waals surface area contributed by atoms with Gasteiger partial charge in [-0.15, -0.1) is 0 Å². The van der Waals surface area contributed by atoms with Crippen molar-refractivity contribution in [3.8, 4) is 6.07 Å². The van der Waals surface area contributed by atoms with Gasteiger partial charge in [-0.2, -0.15) is 5.26 Å². The summed E-state index contributed by atoms with van der Waals surface area (Å²) in [5, 5.41) is 8.83. The number of hydrogen-bond acceptors (Lipinski definition) is 3. The average Bonchev–Trinajstić information content (AvgIpc) is 2.83. The third kappa shape index (κ3) is 2.21. The van der Waals surface area contributed by atoms with Crippen molar-refractivity contribution in [1.82, 2.24) is 0 Å². The molecule has 0 atom stereocenters. The molecule has 1 aliphatic heterocycles. The average molecular weight is 263 g/mol. The molecule has 0 aliphatic carbocycles. The summed E-state index contributed by atoms with van der Waals surface area (Å²) < 4.78 is 0. The molecule has 0 unspecified atom stereocenters. The number of nitriles is 1. The normalized spacial score (nSPS) is 13.1. The highest BCUT2D eigenvalue weighted by Crippen LogP contribution is 2.33. The van der Waals surface area contributed by atoms with Gasteiger partial charge in [0.2, 0.25) is 0 Å². The molecular formula is C17H17N3. The second-order valence-corrected chi connectivity index (χ2v) is 5.32. The van der Waals surface area contributed by atoms with Gasteiger partial charge in [-0.3, -0.25) is 0 Å². The van der Waals surface area contributed by atoms with E-state index in [1.807, 2.05) is 24.3 Å². The second-order valence-electron chi connectivity index (χ2n) is 5.32. The highest BCUT2D eigenvalue weighted by Gasteiger charge is 2.20. The molecule has 1 heterocycles. The molecule has 0 saturated heterocycles. The van der Waals surface area contributed by atoms with Crippen LogP contribution in [0.2, 0.25) is 0 Å². The van der Waals surface area contributed by atoms with Crippen molar-refractivity contribution in [3.05, 3.63) is 58.7 Å². The Balaban J connectivity index is 1.84. The largest absolute Gasteiger partial charge is 0.398 e. The second kappa shape index (κ2) is 4.90. The molecule has 0 fully saturated rings. The minimum absolute atomic E-state index is 0.704. The molecule has 0 aromatic heterocycles. The summed E-state index contributed by atoms with van der Waals surface area (Å²) in [4.78, 5) is 2.35. The Hall–Kier alpha value is -2.47. The van der Waals surface area contributed by atoms with Gasteiger partial charge in [-0.1, -0.05) is 18.2 Å². The topological polar surface area (TPSA) is 53.0 Å². The molecule has 0 saturated carbocycles. The third-order valence-corrected chi connectivity index (χ3v) is 3.92. The molecule has 2 aromatic rings. The van der Waals surface area contributed by atoms with Gasteiger partial charge in [-0.25, -0.2) is 0 Å². The van der Waals surface area contributed by atoms with Crippen LogP contribution in [0.5, 0.6) is 0 Å². The molecule has 0 spiro atoms. The number of nitrogens with zero attached hydrogens (tertiary/aromatic N) is 2. The Kier molecular flexibility index (Phi) is 3.08. The van der Waals surface area contributed by atoms with Gasteiger partial charge in [0.05, 0.1) is 11.6 Å². The van der Waals surface area contributed by atoms with Gasteiger partial charge in [-0.05, 0) is 48.2 Å². The van der Waals surface area contributed by atoms with Crippen molar-refractivity contribution < 1.29 is 0 Å². The molecule has 3 heteroatoms. The van der Waals surface area contributed by atoms with Crippen LogP contribution in [-0.2, 0) is 13.0 Å². The maximum Gasteiger partial charge on any atom is 0.0991 e. The van der Waals surface area contributed by atoms with Crippen LogP contribution in [0.25, 0.3) is 0 Å². The smallest absolute Gasteiger partial charge is 0.0991 e. The van der Waals surface area contributed by atoms with Crippen molar-refractivity contribution in [2.24, 2.45) is 0 Å². The zero-order valence-electron chi connectivity index (χ0n) is 11.6. The fourth-order valence-corrected chi connectivity index (χ4v) is 2.71. The number of nitrogens with two attached hydrogens (primary N) is 1. The Morgan fingerprint density at radius 3 is 2.70 bits per heavy atom. The minimum Gasteiger partial charge on any atom is -0.398 e. The molecule has 3 rings (SSSR count). The molecule has 0 amide bonds. The number of aryl methyl sites for hydroxylation is 1. The Morgan fingerprint density at radius 2 is 2.00 bits per heavy atom. The summed E-state index contributed by atoms with van der Waals surface area (Å²) in [6.07, 6.45) is 1.08. The zero-order valence-corrected chi connectivity index (χ0v) is 11.6. The van der Waals surface area contributed by atoms with Gasteiger partial charge >= 0.3 is 0 Å². The van der Waals surface area contributed by atoms with Crippen LogP contribution in [0.3, 0.4) is 0 Å². The van der Waals surface area contributed by atoms with Crippen LogP contribution in [0, 0.1) is 18.3 Å². The summed E-state index contributed by atoms with van der Waals surface area (Å²) in [5.41, 5.74) is 12.6. The van der Waals surface area contributed by atoms with Gasteiger partial charge in [0.1, 0.15) is 0 Å². The first-order valence-electron chi connectivity index (χ1n) is 6.80. The van der Waals surface area contributed by atoms with Crippen LogP contribution in [0.1, 0.15) is 22.3 Å². The van der Waals surface area contributed by atoms with E-state index in [1.165, 1.54) is 16.8 Å². The predicted molar refractivity (Wildman–Crippen MR) is 81.5 cm³/mol. The van der Waals surface area contributed by atoms with E-state index >= 15 is 0 Å². The summed E-state index contributed by atoms with van der Waals surface area (Å²) in [6.45, 7) is 3.94. The first-order valence-corrected chi connectivity index (χ1v) is 6.80. The van der Waals surface area contributed by atoms with E-state index in [4.69, 9.17) is 11.0 Å². The first kappa shape index (κ1) is 12.6. The van der Waals surface area contributed by atoms with E-state index in [0.29, 0.717) is 5.56 Å². The number of anilines is 2. The van der Waals surface area contributed by atoms with E-state index < -0.39 is 0 Å². The molecule has 3 nitrogen and oxygen atoms in total. The summed E-state index contributed by atoms with van der Waals surface area (Å²) in [6, 6.07) is 14.2. The predicted octanol–water partition coefficient (Wildman–Crippen LogP) is 3.01. The lowest BCUT2D eigenvalue weighted by Gasteiger charge is -2.20. The highest BCUT2D eigenvalue weighted by atomic mass is 15.1. The van der Waals surface area contributed by atoms with E-state index in [9.17, 15) is 0 Å². The maximum atomic E-state index is 8.83. The number of nitrogen functional groups attached to an aromatic ring is 1. The summed E-state index contributed by atoms with van der Waals surface area (Å²) in [5.74, 6) is 0. The van der Waals surface area contributed by atoms with E-state index in [-0.39, 0.29) is 0 Å². The number of benzene rings is 2. The quantitative estimate of drug-likeness (QED) is 0.847. The summed E-state index contributed by atoms with van der Waals surface area (Å²) >= 11 is 0. The molecule has 2 aromatic carbocycles. The van der Waals surface area contributed by atoms with Crippen molar-refractivity contribution in [3.63, 3.8) is 0 Å². The van der Waals surface area contributed by atoms with Crippen molar-refractivity contribution in [1.29, 1.82) is 5.26 Å². The molecule has 2 N–H and O–H groups in total. The lowest BCUT2D eigenvalue weighted by Crippen LogP contribution is -2.19. The standard InChI is InChI=1S/C17H17N3/c1-12-8-15-6-7-20(17(15)9-16(12)19)11-14-4-2-13(10-18)3-5-14/h2-5,8-9H,6-7,11,19H2,1H3. The molecular weight excluding hydrogens is 246 g/mol. The fraction of sp³-hybridized carbons (Fsp3) is 0.235. The zero-order chi connectivity index (χ0) is 14.1. The first-order chi connectivity index (χ1) is 9.67. The van der Waals surface area contributed by atoms with Crippen LogP contribution < -0.4 is 10.6 Å². The van der Waals surface area contributed by atoms with Crippen molar-refractivity contribution >= 4 is 11.4 Å². The fourth-order valence-electron chi connectivity index (χ4n) is 2.71. The van der Waals surface area contributed by atoms with Crippen LogP contribution in [0.4, 0.5) is 11.4 Å². The van der Waals surface area contributed by atoms with E-state index in [0.717, 1.165) is 30.8 Å². The SMILES string of the molecule is Cc1cc2c(cc1N)N(Cc1ccc(C#N)cc1)CC2. The lowest BCUT2D eigenvalue weighted by atomic mass is 10.1. The lowest BCUT2D eigenvalue weighted by molar-refractivity contribution is 0.836. The van der Waals surface area contributed by atoms with E-state index in [1.54, 1.807) is 0 Å².